The molecule has 0 aliphatic carbocycles. The first kappa shape index (κ1) is 17.7. The van der Waals surface area contributed by atoms with Crippen molar-refractivity contribution in [2.75, 3.05) is 13.1 Å². The Labute approximate surface area is 135 Å². The number of amides is 1. The highest BCUT2D eigenvalue weighted by atomic mass is 19.1. The van der Waals surface area contributed by atoms with E-state index in [9.17, 15) is 18.7 Å². The van der Waals surface area contributed by atoms with Crippen LogP contribution in [0.15, 0.2) is 18.2 Å². The summed E-state index contributed by atoms with van der Waals surface area (Å²) in [5.74, 6) is -1.24. The van der Waals surface area contributed by atoms with Crippen molar-refractivity contribution in [1.29, 1.82) is 0 Å². The summed E-state index contributed by atoms with van der Waals surface area (Å²) in [4.78, 5) is 13.5. The Morgan fingerprint density at radius 2 is 2.13 bits per heavy atom. The van der Waals surface area contributed by atoms with Gasteiger partial charge in [0.25, 0.3) is 0 Å². The molecule has 1 fully saturated rings. The molecule has 1 N–H and O–H groups in total. The lowest BCUT2D eigenvalue weighted by molar-refractivity contribution is 0.0268. The van der Waals surface area contributed by atoms with Gasteiger partial charge in [0, 0.05) is 25.4 Å². The van der Waals surface area contributed by atoms with Gasteiger partial charge in [-0.1, -0.05) is 0 Å². The molecule has 0 radical (unpaired) electrons. The van der Waals surface area contributed by atoms with Crippen LogP contribution in [0.3, 0.4) is 0 Å². The van der Waals surface area contributed by atoms with E-state index in [1.54, 1.807) is 25.7 Å². The lowest BCUT2D eigenvalue weighted by atomic mass is 9.95. The maximum Gasteiger partial charge on any atom is 0.410 e. The molecule has 1 aromatic rings. The summed E-state index contributed by atoms with van der Waals surface area (Å²) in [5.41, 5.74) is -0.424. The number of aliphatic hydroxyl groups is 1. The van der Waals surface area contributed by atoms with E-state index in [1.807, 2.05) is 0 Å². The van der Waals surface area contributed by atoms with Gasteiger partial charge in [-0.2, -0.15) is 0 Å². The minimum Gasteiger partial charge on any atom is -0.444 e. The summed E-state index contributed by atoms with van der Waals surface area (Å²) >= 11 is 0. The number of nitrogens with zero attached hydrogens (tertiary/aromatic N) is 1. The summed E-state index contributed by atoms with van der Waals surface area (Å²) in [6, 6.07) is 3.20. The lowest BCUT2D eigenvalue weighted by Crippen LogP contribution is -2.36. The molecule has 2 rings (SSSR count). The molecule has 1 aromatic carbocycles. The number of hydrogen-bond donors (Lipinski definition) is 1. The number of carbonyl (C=O) groups is 1. The Bertz CT molecular complexity index is 571. The van der Waals surface area contributed by atoms with E-state index in [4.69, 9.17) is 4.74 Å². The first-order valence-electron chi connectivity index (χ1n) is 7.75. The molecule has 0 saturated carbocycles. The molecule has 0 aromatic heterocycles. The van der Waals surface area contributed by atoms with E-state index in [0.29, 0.717) is 19.5 Å². The standard InChI is InChI=1S/C17H23F2NO3/c1-17(2,3)23-16(22)20-7-6-11(10-20)15(21)9-12-8-13(18)4-5-14(12)19/h4-5,8,11,15,21H,6-7,9-10H2,1-3H3. The summed E-state index contributed by atoms with van der Waals surface area (Å²) < 4.78 is 32.1. The highest BCUT2D eigenvalue weighted by molar-refractivity contribution is 5.68. The third-order valence-electron chi connectivity index (χ3n) is 3.86. The highest BCUT2D eigenvalue weighted by Crippen LogP contribution is 2.25. The molecule has 6 heteroatoms. The third kappa shape index (κ3) is 4.89. The predicted molar refractivity (Wildman–Crippen MR) is 82.0 cm³/mol. The van der Waals surface area contributed by atoms with Crippen molar-refractivity contribution in [2.45, 2.75) is 45.3 Å². The number of hydrogen-bond acceptors (Lipinski definition) is 3. The SMILES string of the molecule is CC(C)(C)OC(=O)N1CCC(C(O)Cc2cc(F)ccc2F)C1. The normalized spacial score (nSPS) is 19.7. The third-order valence-corrected chi connectivity index (χ3v) is 3.86. The van der Waals surface area contributed by atoms with Gasteiger partial charge in [0.05, 0.1) is 6.10 Å². The topological polar surface area (TPSA) is 49.8 Å². The number of ether oxygens (including phenoxy) is 1. The van der Waals surface area contributed by atoms with Crippen LogP contribution in [-0.2, 0) is 11.2 Å². The molecule has 1 aliphatic heterocycles. The van der Waals surface area contributed by atoms with Crippen LogP contribution in [0, 0.1) is 17.6 Å². The minimum atomic E-state index is -0.835. The van der Waals surface area contributed by atoms with Gasteiger partial charge in [-0.25, -0.2) is 13.6 Å². The Kier molecular flexibility index (Phi) is 5.24. The van der Waals surface area contributed by atoms with Crippen LogP contribution < -0.4 is 0 Å². The highest BCUT2D eigenvalue weighted by Gasteiger charge is 2.33. The van der Waals surface area contributed by atoms with E-state index in [-0.39, 0.29) is 17.9 Å². The van der Waals surface area contributed by atoms with Gasteiger partial charge >= 0.3 is 6.09 Å². The van der Waals surface area contributed by atoms with Gasteiger partial charge in [0.15, 0.2) is 0 Å². The molecular formula is C17H23F2NO3. The summed E-state index contributed by atoms with van der Waals surface area (Å²) in [6.07, 6.45) is -0.615. The smallest absolute Gasteiger partial charge is 0.410 e. The molecular weight excluding hydrogens is 304 g/mol. The van der Waals surface area contributed by atoms with Gasteiger partial charge in [-0.15, -0.1) is 0 Å². The second kappa shape index (κ2) is 6.83. The average Bonchev–Trinajstić information content (AvgIpc) is 2.91. The largest absolute Gasteiger partial charge is 0.444 e. The first-order chi connectivity index (χ1) is 10.7. The molecule has 0 bridgehead atoms. The molecule has 1 heterocycles. The van der Waals surface area contributed by atoms with Crippen molar-refractivity contribution >= 4 is 6.09 Å². The summed E-state index contributed by atoms with van der Waals surface area (Å²) in [6.45, 7) is 6.22. The zero-order valence-corrected chi connectivity index (χ0v) is 13.7. The second-order valence-corrected chi connectivity index (χ2v) is 6.98. The summed E-state index contributed by atoms with van der Waals surface area (Å²) in [7, 11) is 0. The fourth-order valence-corrected chi connectivity index (χ4v) is 2.69. The molecule has 0 spiro atoms. The molecule has 2 atom stereocenters. The minimum absolute atomic E-state index is 0.0242. The second-order valence-electron chi connectivity index (χ2n) is 6.98. The maximum absolute atomic E-state index is 13.6. The van der Waals surface area contributed by atoms with Gasteiger partial charge in [0.1, 0.15) is 17.2 Å². The molecule has 2 unspecified atom stereocenters. The summed E-state index contributed by atoms with van der Waals surface area (Å²) in [5, 5.41) is 10.3. The molecule has 4 nitrogen and oxygen atoms in total. The monoisotopic (exact) mass is 327 g/mol. The first-order valence-corrected chi connectivity index (χ1v) is 7.75. The Morgan fingerprint density at radius 3 is 2.78 bits per heavy atom. The number of aliphatic hydroxyl groups excluding tert-OH is 1. The van der Waals surface area contributed by atoms with Crippen molar-refractivity contribution in [3.8, 4) is 0 Å². The van der Waals surface area contributed by atoms with Crippen molar-refractivity contribution in [3.05, 3.63) is 35.4 Å². The van der Waals surface area contributed by atoms with Crippen molar-refractivity contribution < 1.29 is 23.4 Å². The van der Waals surface area contributed by atoms with E-state index in [1.165, 1.54) is 0 Å². The van der Waals surface area contributed by atoms with Gasteiger partial charge in [-0.05, 0) is 51.0 Å². The fourth-order valence-electron chi connectivity index (χ4n) is 2.69. The fraction of sp³-hybridized carbons (Fsp3) is 0.588. The quantitative estimate of drug-likeness (QED) is 0.928. The molecule has 1 aliphatic rings. The molecule has 23 heavy (non-hydrogen) atoms. The Morgan fingerprint density at radius 1 is 1.43 bits per heavy atom. The van der Waals surface area contributed by atoms with Crippen LogP contribution in [0.1, 0.15) is 32.8 Å². The number of rotatable bonds is 3. The van der Waals surface area contributed by atoms with E-state index < -0.39 is 29.4 Å². The van der Waals surface area contributed by atoms with Gasteiger partial charge in [-0.3, -0.25) is 0 Å². The van der Waals surface area contributed by atoms with Crippen LogP contribution in [0.4, 0.5) is 13.6 Å². The Balaban J connectivity index is 1.93. The van der Waals surface area contributed by atoms with E-state index in [0.717, 1.165) is 18.2 Å². The number of carbonyl (C=O) groups excluding carboxylic acids is 1. The number of likely N-dealkylation sites (tertiary alicyclic amines) is 1. The molecule has 1 saturated heterocycles. The van der Waals surface area contributed by atoms with Crippen molar-refractivity contribution in [3.63, 3.8) is 0 Å². The van der Waals surface area contributed by atoms with Crippen LogP contribution in [-0.4, -0.2) is 40.9 Å². The van der Waals surface area contributed by atoms with Gasteiger partial charge < -0.3 is 14.7 Å². The number of benzene rings is 1. The van der Waals surface area contributed by atoms with Crippen LogP contribution in [0.5, 0.6) is 0 Å². The van der Waals surface area contributed by atoms with Crippen molar-refractivity contribution in [1.82, 2.24) is 4.90 Å². The zero-order valence-electron chi connectivity index (χ0n) is 13.7. The number of halogens is 2. The zero-order chi connectivity index (χ0) is 17.2. The predicted octanol–water partition coefficient (Wildman–Crippen LogP) is 3.13. The van der Waals surface area contributed by atoms with Crippen LogP contribution in [0.2, 0.25) is 0 Å². The van der Waals surface area contributed by atoms with Crippen LogP contribution in [0.25, 0.3) is 0 Å². The molecule has 128 valence electrons. The van der Waals surface area contributed by atoms with E-state index in [2.05, 4.69) is 0 Å². The lowest BCUT2D eigenvalue weighted by Gasteiger charge is -2.25. The maximum atomic E-state index is 13.6. The molecule has 1 amide bonds. The van der Waals surface area contributed by atoms with Crippen molar-refractivity contribution in [2.24, 2.45) is 5.92 Å². The van der Waals surface area contributed by atoms with Gasteiger partial charge in [0.2, 0.25) is 0 Å². The average molecular weight is 327 g/mol. The van der Waals surface area contributed by atoms with E-state index >= 15 is 0 Å². The van der Waals surface area contributed by atoms with Crippen LogP contribution >= 0.6 is 0 Å². The Hall–Kier alpha value is -1.69.